The molecule has 9 nitrogen and oxygen atoms in total. The summed E-state index contributed by atoms with van der Waals surface area (Å²) >= 11 is 0. The lowest BCUT2D eigenvalue weighted by Crippen LogP contribution is -2.65. The molecule has 3 aromatic carbocycles. The van der Waals surface area contributed by atoms with Gasteiger partial charge in [0.2, 0.25) is 5.91 Å². The maximum absolute atomic E-state index is 13.5. The quantitative estimate of drug-likeness (QED) is 0.300. The number of amides is 2. The number of methoxy groups -OCH3 is 1. The van der Waals surface area contributed by atoms with Crippen LogP contribution in [0.5, 0.6) is 23.0 Å². The maximum Gasteiger partial charge on any atom is 0.415 e. The first-order valence-electron chi connectivity index (χ1n) is 13.2. The summed E-state index contributed by atoms with van der Waals surface area (Å²) in [4.78, 5) is 42.3. The molecule has 11 heteroatoms. The van der Waals surface area contributed by atoms with Gasteiger partial charge in [0.1, 0.15) is 23.0 Å². The van der Waals surface area contributed by atoms with Crippen molar-refractivity contribution < 1.29 is 33.3 Å². The molecule has 2 amide bonds. The molecule has 0 aromatic heterocycles. The fourth-order valence-corrected chi connectivity index (χ4v) is 8.89. The highest BCUT2D eigenvalue weighted by Gasteiger charge is 2.53. The van der Waals surface area contributed by atoms with Crippen LogP contribution < -0.4 is 14.2 Å². The molecule has 0 N–H and O–H groups in total. The van der Waals surface area contributed by atoms with E-state index in [9.17, 15) is 14.4 Å². The van der Waals surface area contributed by atoms with Crippen molar-refractivity contribution in [1.29, 1.82) is 0 Å². The van der Waals surface area contributed by atoms with Crippen LogP contribution in [0.1, 0.15) is 34.0 Å². The van der Waals surface area contributed by atoms with Gasteiger partial charge in [-0.15, -0.1) is 0 Å². The van der Waals surface area contributed by atoms with Gasteiger partial charge >= 0.3 is 12.1 Å². The van der Waals surface area contributed by atoms with Gasteiger partial charge in [0, 0.05) is 60.3 Å². The summed E-state index contributed by atoms with van der Waals surface area (Å²) in [6, 6.07) is 17.7. The first-order chi connectivity index (χ1) is 19.9. The number of benzene rings is 3. The molecule has 3 aromatic rings. The van der Waals surface area contributed by atoms with Gasteiger partial charge in [0.25, 0.3) is 0 Å². The molecular weight excluding hydrogens is 564 g/mol. The summed E-state index contributed by atoms with van der Waals surface area (Å²) < 4.78 is 23.8. The zero-order chi connectivity index (χ0) is 28.3. The molecule has 0 aliphatic carbocycles. The van der Waals surface area contributed by atoms with Crippen molar-refractivity contribution in [3.05, 3.63) is 82.9 Å². The molecule has 0 saturated carbocycles. The number of fused-ring (bicyclic) bond motifs is 7. The molecular formula is C30H26N2O7S2. The smallest absolute Gasteiger partial charge is 0.415 e. The summed E-state index contributed by atoms with van der Waals surface area (Å²) in [5.74, 6) is 2.85. The number of nitrogens with zero attached hydrogens (tertiary/aromatic N) is 2. The number of hydrogen-bond donors (Lipinski definition) is 0. The molecule has 2 fully saturated rings. The highest BCUT2D eigenvalue weighted by molar-refractivity contribution is 8.76. The molecule has 3 atom stereocenters. The second-order valence-corrected chi connectivity index (χ2v) is 12.8. The zero-order valence-corrected chi connectivity index (χ0v) is 24.0. The van der Waals surface area contributed by atoms with Gasteiger partial charge in [0.15, 0.2) is 5.60 Å². The average molecular weight is 591 g/mol. The Kier molecular flexibility index (Phi) is 6.31. The topological polar surface area (TPSA) is 94.6 Å². The average Bonchev–Trinajstić information content (AvgIpc) is 3.28. The number of carbonyl (C=O) groups excluding carboxylic acids is 3. The van der Waals surface area contributed by atoms with Crippen molar-refractivity contribution in [1.82, 2.24) is 9.80 Å². The Morgan fingerprint density at radius 1 is 0.878 bits per heavy atom. The Balaban J connectivity index is 1.24. The van der Waals surface area contributed by atoms with E-state index in [1.54, 1.807) is 83.0 Å². The third-order valence-corrected chi connectivity index (χ3v) is 10.6. The number of piperazine rings is 1. The Morgan fingerprint density at radius 3 is 2.22 bits per heavy atom. The van der Waals surface area contributed by atoms with Crippen LogP contribution in [0.25, 0.3) is 0 Å². The van der Waals surface area contributed by atoms with Crippen LogP contribution >= 0.6 is 21.6 Å². The van der Waals surface area contributed by atoms with E-state index in [2.05, 4.69) is 0 Å². The van der Waals surface area contributed by atoms with E-state index in [4.69, 9.17) is 18.9 Å². The molecule has 7 rings (SSSR count). The molecule has 1 unspecified atom stereocenters. The number of carbonyl (C=O) groups is 3. The number of esters is 1. The minimum Gasteiger partial charge on any atom is -0.497 e. The van der Waals surface area contributed by atoms with E-state index >= 15 is 0 Å². The van der Waals surface area contributed by atoms with Gasteiger partial charge in [-0.25, -0.2) is 9.59 Å². The van der Waals surface area contributed by atoms with E-state index in [-0.39, 0.29) is 18.0 Å². The van der Waals surface area contributed by atoms with Crippen LogP contribution in [0, 0.1) is 0 Å². The van der Waals surface area contributed by atoms with Crippen LogP contribution in [0.15, 0.2) is 60.7 Å². The SMILES string of the molecule is COc1ccc2c(c1)Oc1cc(OC(=O)N3CCN(C(C)=O)[C@@H]4CSSC[C@@H]43)ccc1C21OC(=O)c2ccccc21. The van der Waals surface area contributed by atoms with Gasteiger partial charge < -0.3 is 28.7 Å². The van der Waals surface area contributed by atoms with Gasteiger partial charge in [-0.2, -0.15) is 0 Å². The second-order valence-electron chi connectivity index (χ2n) is 10.2. The predicted octanol–water partition coefficient (Wildman–Crippen LogP) is 5.06. The van der Waals surface area contributed by atoms with E-state index < -0.39 is 17.7 Å². The van der Waals surface area contributed by atoms with Crippen molar-refractivity contribution in [3.63, 3.8) is 0 Å². The fourth-order valence-electron chi connectivity index (χ4n) is 6.20. The molecule has 41 heavy (non-hydrogen) atoms. The monoisotopic (exact) mass is 590 g/mol. The van der Waals surface area contributed by atoms with Gasteiger partial charge in [-0.3, -0.25) is 4.79 Å². The normalized spacial score (nSPS) is 23.9. The Hall–Kier alpha value is -3.83. The first-order valence-corrected chi connectivity index (χ1v) is 15.7. The summed E-state index contributed by atoms with van der Waals surface area (Å²) in [6.07, 6.45) is -0.471. The molecule has 4 aliphatic rings. The van der Waals surface area contributed by atoms with Gasteiger partial charge in [-0.1, -0.05) is 39.8 Å². The van der Waals surface area contributed by atoms with Crippen molar-refractivity contribution >= 4 is 39.6 Å². The molecule has 0 radical (unpaired) electrons. The van der Waals surface area contributed by atoms with Crippen molar-refractivity contribution in [2.45, 2.75) is 24.6 Å². The molecule has 1 spiro atoms. The van der Waals surface area contributed by atoms with Gasteiger partial charge in [0.05, 0.1) is 24.8 Å². The highest BCUT2D eigenvalue weighted by atomic mass is 33.1. The van der Waals surface area contributed by atoms with Crippen molar-refractivity contribution in [2.24, 2.45) is 0 Å². The summed E-state index contributed by atoms with van der Waals surface area (Å²) in [6.45, 7) is 2.44. The number of rotatable bonds is 2. The first kappa shape index (κ1) is 26.1. The summed E-state index contributed by atoms with van der Waals surface area (Å²) in [7, 11) is 4.99. The van der Waals surface area contributed by atoms with E-state index in [0.29, 0.717) is 64.1 Å². The lowest BCUT2D eigenvalue weighted by atomic mass is 9.77. The Labute approximate surface area is 244 Å². The minimum absolute atomic E-state index is 0.0207. The van der Waals surface area contributed by atoms with Gasteiger partial charge in [-0.05, 0) is 30.3 Å². The van der Waals surface area contributed by atoms with E-state index in [1.165, 1.54) is 0 Å². The molecule has 4 heterocycles. The van der Waals surface area contributed by atoms with Crippen LogP contribution in [0.2, 0.25) is 0 Å². The van der Waals surface area contributed by atoms with Crippen LogP contribution in [0.3, 0.4) is 0 Å². The van der Waals surface area contributed by atoms with E-state index in [1.807, 2.05) is 23.1 Å². The Morgan fingerprint density at radius 2 is 1.51 bits per heavy atom. The molecule has 0 bridgehead atoms. The summed E-state index contributed by atoms with van der Waals surface area (Å²) in [5.41, 5.74) is 1.28. The summed E-state index contributed by atoms with van der Waals surface area (Å²) in [5, 5.41) is 0. The third-order valence-electron chi connectivity index (χ3n) is 8.12. The van der Waals surface area contributed by atoms with Crippen LogP contribution in [-0.2, 0) is 15.1 Å². The van der Waals surface area contributed by atoms with Crippen LogP contribution in [0.4, 0.5) is 4.79 Å². The Bertz CT molecular complexity index is 1600. The standard InChI is InChI=1S/C30H26N2O7S2/c1-17(33)31-11-12-32(25-16-41-40-15-24(25)31)29(35)37-19-8-10-23-27(14-19)38-26-13-18(36-2)7-9-22(26)30(23)21-6-4-3-5-20(21)28(34)39-30/h3-10,13-14,24-25H,11-12,15-16H2,1-2H3/t24-,25+,30?/m1/s1. The fraction of sp³-hybridized carbons (Fsp3) is 0.300. The van der Waals surface area contributed by atoms with E-state index in [0.717, 1.165) is 5.75 Å². The lowest BCUT2D eigenvalue weighted by Gasteiger charge is -2.48. The largest absolute Gasteiger partial charge is 0.497 e. The molecule has 4 aliphatic heterocycles. The van der Waals surface area contributed by atoms with Crippen LogP contribution in [-0.4, -0.2) is 71.6 Å². The van der Waals surface area contributed by atoms with Crippen molar-refractivity contribution in [2.75, 3.05) is 31.7 Å². The third kappa shape index (κ3) is 4.05. The number of ether oxygens (including phenoxy) is 4. The lowest BCUT2D eigenvalue weighted by molar-refractivity contribution is -0.134. The minimum atomic E-state index is -1.22. The highest BCUT2D eigenvalue weighted by Crippen LogP contribution is 2.57. The van der Waals surface area contributed by atoms with Crippen molar-refractivity contribution in [3.8, 4) is 23.0 Å². The molecule has 210 valence electrons. The number of hydrogen-bond acceptors (Lipinski definition) is 9. The zero-order valence-electron chi connectivity index (χ0n) is 22.3. The second kappa shape index (κ2) is 9.92. The predicted molar refractivity (Wildman–Crippen MR) is 154 cm³/mol. The maximum atomic E-state index is 13.5. The molecule has 2 saturated heterocycles.